The summed E-state index contributed by atoms with van der Waals surface area (Å²) >= 11 is 0. The third-order valence-electron chi connectivity index (χ3n) is 7.44. The van der Waals surface area contributed by atoms with Gasteiger partial charge in [-0.2, -0.15) is 0 Å². The van der Waals surface area contributed by atoms with E-state index in [4.69, 9.17) is 9.47 Å². The number of H-pyrrole nitrogens is 1. The van der Waals surface area contributed by atoms with Crippen LogP contribution in [0.5, 0.6) is 5.75 Å². The number of Topliss-reactive ketones (excluding diaryl/α,β-unsaturated/α-hetero) is 1. The normalized spacial score (nSPS) is 15.9. The quantitative estimate of drug-likeness (QED) is 0.223. The highest BCUT2D eigenvalue weighted by Crippen LogP contribution is 2.26. The molecular formula is C32H38N4O7. The number of aryl methyl sites for hydroxylation is 1. The molecule has 1 fully saturated rings. The number of ketones is 1. The molecule has 1 aromatic heterocycles. The van der Waals surface area contributed by atoms with Gasteiger partial charge in [0.25, 0.3) is 5.91 Å². The third kappa shape index (κ3) is 8.00. The Bertz CT molecular complexity index is 1500. The van der Waals surface area contributed by atoms with Crippen LogP contribution in [0.25, 0.3) is 10.9 Å². The first kappa shape index (κ1) is 31.3. The number of rotatable bonds is 13. The van der Waals surface area contributed by atoms with Crippen molar-refractivity contribution in [2.45, 2.75) is 52.1 Å². The molecule has 2 aromatic carbocycles. The van der Waals surface area contributed by atoms with Crippen LogP contribution in [0.3, 0.4) is 0 Å². The molecule has 228 valence electrons. The molecule has 3 aromatic rings. The first-order chi connectivity index (χ1) is 20.5. The molecule has 1 saturated heterocycles. The Balaban J connectivity index is 1.48. The number of benzene rings is 2. The smallest absolute Gasteiger partial charge is 0.338 e. The summed E-state index contributed by atoms with van der Waals surface area (Å²) in [5.74, 6) is -2.34. The lowest BCUT2D eigenvalue weighted by Crippen LogP contribution is -2.53. The fraction of sp³-hybridized carbons (Fsp3) is 0.406. The largest absolute Gasteiger partial charge is 0.496 e. The van der Waals surface area contributed by atoms with Gasteiger partial charge in [0.2, 0.25) is 11.8 Å². The molecule has 3 atom stereocenters. The van der Waals surface area contributed by atoms with Crippen LogP contribution < -0.4 is 20.7 Å². The average Bonchev–Trinajstić information content (AvgIpc) is 3.61. The predicted octanol–water partition coefficient (Wildman–Crippen LogP) is 3.07. The Hall–Kier alpha value is -4.67. The van der Waals surface area contributed by atoms with Gasteiger partial charge in [-0.1, -0.05) is 37.6 Å². The lowest BCUT2D eigenvalue weighted by Gasteiger charge is -2.25. The van der Waals surface area contributed by atoms with Gasteiger partial charge in [-0.3, -0.25) is 19.2 Å². The number of aromatic amines is 1. The number of fused-ring (bicyclic) bond motifs is 1. The maximum Gasteiger partial charge on any atom is 0.338 e. The number of ether oxygens (including phenoxy) is 2. The first-order valence-electron chi connectivity index (χ1n) is 14.4. The van der Waals surface area contributed by atoms with Gasteiger partial charge in [-0.05, 0) is 62.4 Å². The number of esters is 1. The number of aromatic nitrogens is 1. The molecule has 3 amide bonds. The van der Waals surface area contributed by atoms with E-state index in [0.29, 0.717) is 36.2 Å². The minimum Gasteiger partial charge on any atom is -0.496 e. The lowest BCUT2D eigenvalue weighted by molar-refractivity contribution is -0.131. The van der Waals surface area contributed by atoms with Crippen LogP contribution in [-0.2, 0) is 19.1 Å². The van der Waals surface area contributed by atoms with Crippen LogP contribution in [0, 0.1) is 18.8 Å². The maximum atomic E-state index is 13.6. The topological polar surface area (TPSA) is 156 Å². The molecule has 11 nitrogen and oxygen atoms in total. The Morgan fingerprint density at radius 3 is 2.42 bits per heavy atom. The monoisotopic (exact) mass is 590 g/mol. The summed E-state index contributed by atoms with van der Waals surface area (Å²) in [5, 5.41) is 8.99. The summed E-state index contributed by atoms with van der Waals surface area (Å²) in [6, 6.07) is 11.7. The highest BCUT2D eigenvalue weighted by atomic mass is 16.5. The standard InChI is InChI=1S/C32H38N4O7/c1-18(2)14-25(36-31(40)26-16-22-23(34-26)6-5-7-28(22)42-4)30(39)35-24(15-21-12-13-33-29(21)38)27(37)17-43-32(41)20-10-8-19(3)9-11-20/h5-11,16,18,21,24-25,34H,12-15,17H2,1-4H3,(H,33,38)(H,35,39)(H,36,40). The minimum absolute atomic E-state index is 0.0316. The molecule has 4 rings (SSSR count). The van der Waals surface area contributed by atoms with Crippen molar-refractivity contribution >= 4 is 40.4 Å². The Kier molecular flexibility index (Phi) is 10.2. The molecule has 1 aliphatic rings. The molecule has 1 aliphatic heterocycles. The lowest BCUT2D eigenvalue weighted by atomic mass is 9.95. The van der Waals surface area contributed by atoms with Crippen LogP contribution in [-0.4, -0.2) is 66.8 Å². The van der Waals surface area contributed by atoms with Crippen LogP contribution in [0.2, 0.25) is 0 Å². The van der Waals surface area contributed by atoms with Crippen molar-refractivity contribution in [3.63, 3.8) is 0 Å². The van der Waals surface area contributed by atoms with E-state index in [-0.39, 0.29) is 23.9 Å². The Morgan fingerprint density at radius 2 is 1.77 bits per heavy atom. The molecular weight excluding hydrogens is 552 g/mol. The molecule has 3 unspecified atom stereocenters. The van der Waals surface area contributed by atoms with E-state index in [1.54, 1.807) is 49.6 Å². The average molecular weight is 591 g/mol. The van der Waals surface area contributed by atoms with E-state index in [1.807, 2.05) is 26.8 Å². The molecule has 11 heteroatoms. The van der Waals surface area contributed by atoms with Gasteiger partial charge in [-0.15, -0.1) is 0 Å². The van der Waals surface area contributed by atoms with Crippen LogP contribution in [0.4, 0.5) is 0 Å². The minimum atomic E-state index is -1.10. The molecule has 4 N–H and O–H groups in total. The number of carbonyl (C=O) groups is 5. The van der Waals surface area contributed by atoms with E-state index in [0.717, 1.165) is 10.9 Å². The molecule has 0 aliphatic carbocycles. The maximum absolute atomic E-state index is 13.6. The molecule has 2 heterocycles. The zero-order chi connectivity index (χ0) is 31.1. The van der Waals surface area contributed by atoms with Crippen LogP contribution >= 0.6 is 0 Å². The van der Waals surface area contributed by atoms with Gasteiger partial charge in [0, 0.05) is 23.4 Å². The van der Waals surface area contributed by atoms with Crippen molar-refractivity contribution in [3.8, 4) is 5.75 Å². The molecule has 0 radical (unpaired) electrons. The van der Waals surface area contributed by atoms with Crippen molar-refractivity contribution in [1.29, 1.82) is 0 Å². The predicted molar refractivity (Wildman–Crippen MR) is 160 cm³/mol. The van der Waals surface area contributed by atoms with Crippen molar-refractivity contribution < 1.29 is 33.4 Å². The van der Waals surface area contributed by atoms with Gasteiger partial charge >= 0.3 is 5.97 Å². The van der Waals surface area contributed by atoms with E-state index in [2.05, 4.69) is 20.9 Å². The molecule has 0 spiro atoms. The van der Waals surface area contributed by atoms with Gasteiger partial charge in [0.15, 0.2) is 12.4 Å². The van der Waals surface area contributed by atoms with Crippen molar-refractivity contribution in [1.82, 2.24) is 20.9 Å². The summed E-state index contributed by atoms with van der Waals surface area (Å²) in [6.45, 7) is 5.61. The summed E-state index contributed by atoms with van der Waals surface area (Å²) in [5.41, 5.74) is 2.22. The van der Waals surface area contributed by atoms with E-state index in [1.165, 1.54) is 0 Å². The first-order valence-corrected chi connectivity index (χ1v) is 14.4. The van der Waals surface area contributed by atoms with Crippen LogP contribution in [0.15, 0.2) is 48.5 Å². The van der Waals surface area contributed by atoms with E-state index >= 15 is 0 Å². The molecule has 0 saturated carbocycles. The summed E-state index contributed by atoms with van der Waals surface area (Å²) < 4.78 is 10.6. The van der Waals surface area contributed by atoms with E-state index in [9.17, 15) is 24.0 Å². The zero-order valence-electron chi connectivity index (χ0n) is 24.8. The number of hydrogen-bond donors (Lipinski definition) is 4. The fourth-order valence-corrected chi connectivity index (χ4v) is 5.07. The second kappa shape index (κ2) is 14.0. The SMILES string of the molecule is COc1cccc2[nH]c(C(=O)NC(CC(C)C)C(=O)NC(CC3CCNC3=O)C(=O)COC(=O)c3ccc(C)cc3)cc12. The van der Waals surface area contributed by atoms with Gasteiger partial charge in [-0.25, -0.2) is 4.79 Å². The summed E-state index contributed by atoms with van der Waals surface area (Å²) in [7, 11) is 1.54. The number of carbonyl (C=O) groups excluding carboxylic acids is 5. The highest BCUT2D eigenvalue weighted by molar-refractivity contribution is 6.02. The number of amides is 3. The number of methoxy groups -OCH3 is 1. The van der Waals surface area contributed by atoms with E-state index < -0.39 is 48.2 Å². The second-order valence-corrected chi connectivity index (χ2v) is 11.2. The second-order valence-electron chi connectivity index (χ2n) is 11.2. The highest BCUT2D eigenvalue weighted by Gasteiger charge is 2.34. The summed E-state index contributed by atoms with van der Waals surface area (Å²) in [6.07, 6.45) is 0.856. The zero-order valence-corrected chi connectivity index (χ0v) is 24.8. The number of hydrogen-bond acceptors (Lipinski definition) is 7. The van der Waals surface area contributed by atoms with Gasteiger partial charge in [0.05, 0.1) is 18.7 Å². The molecule has 0 bridgehead atoms. The fourth-order valence-electron chi connectivity index (χ4n) is 5.07. The van der Waals surface area contributed by atoms with Crippen molar-refractivity contribution in [2.75, 3.05) is 20.3 Å². The number of nitrogens with one attached hydrogen (secondary N) is 4. The van der Waals surface area contributed by atoms with Gasteiger partial charge < -0.3 is 30.4 Å². The molecule has 43 heavy (non-hydrogen) atoms. The Labute approximate surface area is 250 Å². The van der Waals surface area contributed by atoms with Gasteiger partial charge in [0.1, 0.15) is 17.5 Å². The van der Waals surface area contributed by atoms with Crippen molar-refractivity contribution in [3.05, 3.63) is 65.4 Å². The van der Waals surface area contributed by atoms with Crippen molar-refractivity contribution in [2.24, 2.45) is 11.8 Å². The summed E-state index contributed by atoms with van der Waals surface area (Å²) in [4.78, 5) is 68.0. The Morgan fingerprint density at radius 1 is 1.02 bits per heavy atom. The third-order valence-corrected chi connectivity index (χ3v) is 7.44. The van der Waals surface area contributed by atoms with Crippen LogP contribution in [0.1, 0.15) is 59.5 Å².